The van der Waals surface area contributed by atoms with E-state index in [0.29, 0.717) is 16.4 Å². The van der Waals surface area contributed by atoms with Crippen molar-refractivity contribution in [3.63, 3.8) is 0 Å². The van der Waals surface area contributed by atoms with Gasteiger partial charge in [-0.1, -0.05) is 23.2 Å². The summed E-state index contributed by atoms with van der Waals surface area (Å²) in [6.45, 7) is 3.31. The minimum atomic E-state index is -5.54. The van der Waals surface area contributed by atoms with Crippen LogP contribution in [0, 0.1) is 6.92 Å². The molecule has 1 N–H and O–H groups in total. The van der Waals surface area contributed by atoms with Crippen LogP contribution in [-0.4, -0.2) is 26.7 Å². The maximum Gasteiger partial charge on any atom is 0.516 e. The van der Waals surface area contributed by atoms with E-state index in [4.69, 9.17) is 11.6 Å². The van der Waals surface area contributed by atoms with Crippen molar-refractivity contribution < 1.29 is 21.6 Å². The summed E-state index contributed by atoms with van der Waals surface area (Å²) in [7, 11) is -3.88. The van der Waals surface area contributed by atoms with E-state index in [0.717, 1.165) is 5.56 Å². The van der Waals surface area contributed by atoms with Crippen molar-refractivity contribution in [1.29, 1.82) is 0 Å². The molecule has 10 heteroatoms. The molecule has 0 fully saturated rings. The summed E-state index contributed by atoms with van der Waals surface area (Å²) in [4.78, 5) is 0. The van der Waals surface area contributed by atoms with Gasteiger partial charge in [0.25, 0.3) is 0 Å². The second-order valence-corrected chi connectivity index (χ2v) is 7.90. The van der Waals surface area contributed by atoms with Crippen LogP contribution in [0.4, 0.5) is 24.5 Å². The predicted octanol–water partition coefficient (Wildman–Crippen LogP) is 4.77. The number of halogens is 4. The highest BCUT2D eigenvalue weighted by Gasteiger charge is 2.46. The number of hydrogen-bond acceptors (Lipinski definition) is 4. The zero-order chi connectivity index (χ0) is 20.4. The number of rotatable bonds is 5. The van der Waals surface area contributed by atoms with E-state index in [1.165, 1.54) is 17.1 Å². The van der Waals surface area contributed by atoms with Gasteiger partial charge in [0.05, 0.1) is 17.1 Å². The third kappa shape index (κ3) is 5.14. The Kier molecular flexibility index (Phi) is 6.06. The highest BCUT2D eigenvalue weighted by Crippen LogP contribution is 2.28. The molecule has 27 heavy (non-hydrogen) atoms. The number of benzene rings is 2. The van der Waals surface area contributed by atoms with Gasteiger partial charge in [0.15, 0.2) is 0 Å². The van der Waals surface area contributed by atoms with E-state index in [9.17, 15) is 21.6 Å². The van der Waals surface area contributed by atoms with Gasteiger partial charge in [-0.15, -0.1) is 0 Å². The molecular formula is C17H17ClF3N3O2S. The molecular weight excluding hydrogens is 403 g/mol. The van der Waals surface area contributed by atoms with Gasteiger partial charge in [0.1, 0.15) is 0 Å². The van der Waals surface area contributed by atoms with E-state index in [2.05, 4.69) is 5.10 Å². The molecule has 0 aliphatic rings. The summed E-state index contributed by atoms with van der Waals surface area (Å²) >= 11 is 5.84. The number of hydrazone groups is 1. The second-order valence-electron chi connectivity index (χ2n) is 5.79. The van der Waals surface area contributed by atoms with Crippen molar-refractivity contribution in [3.8, 4) is 0 Å². The molecule has 2 aromatic carbocycles. The van der Waals surface area contributed by atoms with Crippen molar-refractivity contribution in [2.24, 2.45) is 5.10 Å². The first kappa shape index (κ1) is 21.0. The third-order valence-corrected chi connectivity index (χ3v) is 4.96. The van der Waals surface area contributed by atoms with Crippen LogP contribution in [0.3, 0.4) is 0 Å². The fourth-order valence-electron chi connectivity index (χ4n) is 2.24. The van der Waals surface area contributed by atoms with Crippen LogP contribution in [-0.2, 0) is 10.0 Å². The smallest absolute Gasteiger partial charge is 0.275 e. The molecule has 0 unspecified atom stereocenters. The number of sulfonamides is 1. The minimum absolute atomic E-state index is 0.205. The Morgan fingerprint density at radius 2 is 1.74 bits per heavy atom. The first-order valence-electron chi connectivity index (χ1n) is 7.65. The molecule has 0 radical (unpaired) electrons. The van der Waals surface area contributed by atoms with Gasteiger partial charge in [-0.05, 0) is 50.2 Å². The van der Waals surface area contributed by atoms with E-state index in [1.807, 2.05) is 0 Å². The SMILES string of the molecule is C/C(=N\N(C)c1ccc(Cl)cc1)c1cc(C)ccc1NS(=O)(=O)C(F)(F)F. The summed E-state index contributed by atoms with van der Waals surface area (Å²) in [5.74, 6) is 0. The standard InChI is InChI=1S/C17H17ClF3N3O2S/c1-11-4-9-16(23-27(25,26)17(19,20)21)15(10-11)12(2)22-24(3)14-7-5-13(18)6-8-14/h4-10,23H,1-3H3/b22-12+. The molecule has 0 aliphatic heterocycles. The van der Waals surface area contributed by atoms with Crippen LogP contribution in [0.2, 0.25) is 5.02 Å². The molecule has 146 valence electrons. The molecule has 5 nitrogen and oxygen atoms in total. The quantitative estimate of drug-likeness (QED) is 0.561. The summed E-state index contributed by atoms with van der Waals surface area (Å²) in [6, 6.07) is 11.1. The molecule has 0 heterocycles. The summed E-state index contributed by atoms with van der Waals surface area (Å²) in [5, 5.41) is 6.39. The lowest BCUT2D eigenvalue weighted by molar-refractivity contribution is -0.0429. The molecule has 0 saturated heterocycles. The largest absolute Gasteiger partial charge is 0.516 e. The number of nitrogens with one attached hydrogen (secondary N) is 1. The first-order chi connectivity index (χ1) is 12.4. The number of aryl methyl sites for hydroxylation is 1. The second kappa shape index (κ2) is 7.77. The highest BCUT2D eigenvalue weighted by atomic mass is 35.5. The monoisotopic (exact) mass is 419 g/mol. The Hall–Kier alpha value is -2.26. The molecule has 0 aromatic heterocycles. The summed E-state index contributed by atoms with van der Waals surface area (Å²) < 4.78 is 62.6. The van der Waals surface area contributed by atoms with Crippen LogP contribution in [0.25, 0.3) is 0 Å². The Labute approximate surface area is 160 Å². The Bertz CT molecular complexity index is 958. The summed E-state index contributed by atoms with van der Waals surface area (Å²) in [5.41, 5.74) is -3.61. The van der Waals surface area contributed by atoms with Gasteiger partial charge in [0.2, 0.25) is 0 Å². The molecule has 0 saturated carbocycles. The van der Waals surface area contributed by atoms with E-state index in [-0.39, 0.29) is 11.3 Å². The molecule has 0 bridgehead atoms. The van der Waals surface area contributed by atoms with E-state index in [1.54, 1.807) is 55.9 Å². The lowest BCUT2D eigenvalue weighted by Gasteiger charge is -2.18. The minimum Gasteiger partial charge on any atom is -0.275 e. The zero-order valence-corrected chi connectivity index (χ0v) is 16.2. The summed E-state index contributed by atoms with van der Waals surface area (Å²) in [6.07, 6.45) is 0. The number of alkyl halides is 3. The van der Waals surface area contributed by atoms with Gasteiger partial charge >= 0.3 is 15.5 Å². The molecule has 0 atom stereocenters. The Morgan fingerprint density at radius 3 is 2.30 bits per heavy atom. The van der Waals surface area contributed by atoms with Crippen molar-refractivity contribution in [2.45, 2.75) is 19.4 Å². The van der Waals surface area contributed by atoms with Crippen molar-refractivity contribution >= 4 is 38.7 Å². The maximum atomic E-state index is 12.7. The fraction of sp³-hybridized carbons (Fsp3) is 0.235. The average Bonchev–Trinajstić information content (AvgIpc) is 2.55. The third-order valence-electron chi connectivity index (χ3n) is 3.61. The van der Waals surface area contributed by atoms with Gasteiger partial charge in [-0.3, -0.25) is 9.73 Å². The van der Waals surface area contributed by atoms with E-state index < -0.39 is 15.5 Å². The number of hydrogen-bond donors (Lipinski definition) is 1. The van der Waals surface area contributed by atoms with Gasteiger partial charge in [-0.25, -0.2) is 0 Å². The lowest BCUT2D eigenvalue weighted by atomic mass is 10.1. The van der Waals surface area contributed by atoms with Gasteiger partial charge in [-0.2, -0.15) is 26.7 Å². The molecule has 0 spiro atoms. The number of anilines is 2. The molecule has 0 aliphatic carbocycles. The highest BCUT2D eigenvalue weighted by molar-refractivity contribution is 7.93. The van der Waals surface area contributed by atoms with E-state index >= 15 is 0 Å². The normalized spacial score (nSPS) is 12.8. The van der Waals surface area contributed by atoms with Crippen LogP contribution < -0.4 is 9.73 Å². The van der Waals surface area contributed by atoms with Crippen LogP contribution in [0.5, 0.6) is 0 Å². The lowest BCUT2D eigenvalue weighted by Crippen LogP contribution is -2.30. The van der Waals surface area contributed by atoms with Crippen molar-refractivity contribution in [3.05, 3.63) is 58.6 Å². The Balaban J connectivity index is 2.42. The van der Waals surface area contributed by atoms with Crippen molar-refractivity contribution in [1.82, 2.24) is 0 Å². The topological polar surface area (TPSA) is 61.8 Å². The molecule has 2 rings (SSSR count). The fourth-order valence-corrected chi connectivity index (χ4v) is 2.95. The molecule has 2 aromatic rings. The van der Waals surface area contributed by atoms with Crippen LogP contribution in [0.15, 0.2) is 47.6 Å². The maximum absolute atomic E-state index is 12.7. The first-order valence-corrected chi connectivity index (χ1v) is 9.51. The van der Waals surface area contributed by atoms with Crippen LogP contribution in [0.1, 0.15) is 18.1 Å². The van der Waals surface area contributed by atoms with Crippen LogP contribution >= 0.6 is 11.6 Å². The average molecular weight is 420 g/mol. The van der Waals surface area contributed by atoms with Crippen molar-refractivity contribution in [2.75, 3.05) is 16.8 Å². The number of nitrogens with zero attached hydrogens (tertiary/aromatic N) is 2. The Morgan fingerprint density at radius 1 is 1.15 bits per heavy atom. The predicted molar refractivity (Wildman–Crippen MR) is 102 cm³/mol. The zero-order valence-electron chi connectivity index (χ0n) is 14.7. The molecule has 0 amide bonds. The van der Waals surface area contributed by atoms with Gasteiger partial charge < -0.3 is 0 Å². The van der Waals surface area contributed by atoms with Gasteiger partial charge in [0, 0.05) is 17.6 Å².